The molecule has 0 aliphatic rings. The van der Waals surface area contributed by atoms with Crippen molar-refractivity contribution in [2.24, 2.45) is 5.73 Å². The van der Waals surface area contributed by atoms with Crippen LogP contribution < -0.4 is 10.6 Å². The van der Waals surface area contributed by atoms with E-state index in [0.29, 0.717) is 13.1 Å². The second-order valence-corrected chi connectivity index (χ2v) is 4.05. The molecule has 2 aromatic carbocycles. The van der Waals surface area contributed by atoms with Crippen LogP contribution in [0.4, 0.5) is 5.69 Å². The summed E-state index contributed by atoms with van der Waals surface area (Å²) in [6.45, 7) is 0.983. The van der Waals surface area contributed by atoms with Crippen molar-refractivity contribution in [1.29, 1.82) is 0 Å². The number of rotatable bonds is 5. The SMILES string of the molecule is NCc1ccccc1N(C=O)Cc1ccccc1. The van der Waals surface area contributed by atoms with Crippen LogP contribution >= 0.6 is 0 Å². The molecule has 3 nitrogen and oxygen atoms in total. The van der Waals surface area contributed by atoms with Gasteiger partial charge in [0.25, 0.3) is 0 Å². The smallest absolute Gasteiger partial charge is 0.214 e. The molecule has 0 aromatic heterocycles. The fourth-order valence-electron chi connectivity index (χ4n) is 1.92. The maximum absolute atomic E-state index is 11.3. The Bertz CT molecular complexity index is 511. The van der Waals surface area contributed by atoms with Crippen molar-refractivity contribution >= 4 is 12.1 Å². The first kappa shape index (κ1) is 12.3. The summed E-state index contributed by atoms with van der Waals surface area (Å²) in [5.41, 5.74) is 8.63. The van der Waals surface area contributed by atoms with Crippen molar-refractivity contribution in [2.75, 3.05) is 4.90 Å². The minimum absolute atomic E-state index is 0.426. The quantitative estimate of drug-likeness (QED) is 0.815. The lowest BCUT2D eigenvalue weighted by molar-refractivity contribution is -0.107. The minimum Gasteiger partial charge on any atom is -0.326 e. The van der Waals surface area contributed by atoms with Gasteiger partial charge in [-0.2, -0.15) is 0 Å². The number of carbonyl (C=O) groups excluding carboxylic acids is 1. The molecule has 2 aromatic rings. The lowest BCUT2D eigenvalue weighted by atomic mass is 10.1. The number of amides is 1. The van der Waals surface area contributed by atoms with Gasteiger partial charge in [0, 0.05) is 12.2 Å². The second-order valence-electron chi connectivity index (χ2n) is 4.05. The number of benzene rings is 2. The highest BCUT2D eigenvalue weighted by Gasteiger charge is 2.09. The number of anilines is 1. The lowest BCUT2D eigenvalue weighted by Gasteiger charge is -2.20. The molecule has 0 spiro atoms. The maximum atomic E-state index is 11.3. The van der Waals surface area contributed by atoms with Crippen LogP contribution in [0, 0.1) is 0 Å². The Hall–Kier alpha value is -2.13. The van der Waals surface area contributed by atoms with Gasteiger partial charge in [0.05, 0.1) is 6.54 Å². The average molecular weight is 240 g/mol. The van der Waals surface area contributed by atoms with E-state index in [-0.39, 0.29) is 0 Å². The molecule has 2 rings (SSSR count). The van der Waals surface area contributed by atoms with E-state index in [1.165, 1.54) is 0 Å². The van der Waals surface area contributed by atoms with Gasteiger partial charge in [-0.3, -0.25) is 4.79 Å². The van der Waals surface area contributed by atoms with Crippen LogP contribution in [0.25, 0.3) is 0 Å². The molecule has 0 unspecified atom stereocenters. The number of hydrogen-bond donors (Lipinski definition) is 1. The first-order valence-corrected chi connectivity index (χ1v) is 5.89. The average Bonchev–Trinajstić information content (AvgIpc) is 2.46. The van der Waals surface area contributed by atoms with Crippen molar-refractivity contribution in [2.45, 2.75) is 13.1 Å². The number of para-hydroxylation sites is 1. The van der Waals surface area contributed by atoms with Crippen LogP contribution in [-0.4, -0.2) is 6.41 Å². The summed E-state index contributed by atoms with van der Waals surface area (Å²) >= 11 is 0. The topological polar surface area (TPSA) is 46.3 Å². The maximum Gasteiger partial charge on any atom is 0.214 e. The molecule has 0 fully saturated rings. The second kappa shape index (κ2) is 5.98. The summed E-state index contributed by atoms with van der Waals surface area (Å²) in [6.07, 6.45) is 0.849. The van der Waals surface area contributed by atoms with Crippen LogP contribution in [0.5, 0.6) is 0 Å². The van der Waals surface area contributed by atoms with Gasteiger partial charge in [-0.15, -0.1) is 0 Å². The molecule has 0 atom stereocenters. The first-order chi connectivity index (χ1) is 8.85. The molecule has 0 saturated heterocycles. The Labute approximate surface area is 107 Å². The largest absolute Gasteiger partial charge is 0.326 e. The Kier molecular flexibility index (Phi) is 4.10. The molecule has 0 aliphatic heterocycles. The summed E-state index contributed by atoms with van der Waals surface area (Å²) in [7, 11) is 0. The zero-order valence-electron chi connectivity index (χ0n) is 10.1. The van der Waals surface area contributed by atoms with Crippen LogP contribution in [-0.2, 0) is 17.9 Å². The highest BCUT2D eigenvalue weighted by molar-refractivity contribution is 5.77. The Morgan fingerprint density at radius 2 is 1.67 bits per heavy atom. The van der Waals surface area contributed by atoms with Crippen molar-refractivity contribution < 1.29 is 4.79 Å². The van der Waals surface area contributed by atoms with E-state index in [4.69, 9.17) is 5.73 Å². The molecule has 1 amide bonds. The molecule has 18 heavy (non-hydrogen) atoms. The molecule has 3 heteroatoms. The summed E-state index contributed by atoms with van der Waals surface area (Å²) in [6, 6.07) is 17.6. The van der Waals surface area contributed by atoms with Gasteiger partial charge in [-0.1, -0.05) is 48.5 Å². The van der Waals surface area contributed by atoms with E-state index in [2.05, 4.69) is 0 Å². The number of nitrogens with zero attached hydrogens (tertiary/aromatic N) is 1. The van der Waals surface area contributed by atoms with Gasteiger partial charge >= 0.3 is 0 Å². The Balaban J connectivity index is 2.26. The summed E-state index contributed by atoms with van der Waals surface area (Å²) in [4.78, 5) is 12.9. The van der Waals surface area contributed by atoms with E-state index in [9.17, 15) is 4.79 Å². The van der Waals surface area contributed by atoms with Crippen molar-refractivity contribution in [3.05, 3.63) is 65.7 Å². The monoisotopic (exact) mass is 240 g/mol. The third-order valence-corrected chi connectivity index (χ3v) is 2.84. The van der Waals surface area contributed by atoms with E-state index in [0.717, 1.165) is 23.2 Å². The molecule has 0 radical (unpaired) electrons. The van der Waals surface area contributed by atoms with E-state index in [1.807, 2.05) is 54.6 Å². The predicted molar refractivity (Wildman–Crippen MR) is 73.0 cm³/mol. The van der Waals surface area contributed by atoms with Gasteiger partial charge in [0.2, 0.25) is 6.41 Å². The van der Waals surface area contributed by atoms with E-state index in [1.54, 1.807) is 4.90 Å². The lowest BCUT2D eigenvalue weighted by Crippen LogP contribution is -2.22. The molecular formula is C15H16N2O. The highest BCUT2D eigenvalue weighted by Crippen LogP contribution is 2.20. The minimum atomic E-state index is 0.426. The summed E-state index contributed by atoms with van der Waals surface area (Å²) in [5, 5.41) is 0. The number of hydrogen-bond acceptors (Lipinski definition) is 2. The van der Waals surface area contributed by atoms with Gasteiger partial charge in [-0.05, 0) is 17.2 Å². The van der Waals surface area contributed by atoms with Crippen LogP contribution in [0.15, 0.2) is 54.6 Å². The zero-order chi connectivity index (χ0) is 12.8. The van der Waals surface area contributed by atoms with Gasteiger partial charge < -0.3 is 10.6 Å². The standard InChI is InChI=1S/C15H16N2O/c16-10-14-8-4-5-9-15(14)17(12-18)11-13-6-2-1-3-7-13/h1-9,12H,10-11,16H2. The Morgan fingerprint density at radius 3 is 2.33 bits per heavy atom. The fraction of sp³-hybridized carbons (Fsp3) is 0.133. The molecule has 92 valence electrons. The normalized spacial score (nSPS) is 10.1. The highest BCUT2D eigenvalue weighted by atomic mass is 16.1. The van der Waals surface area contributed by atoms with Crippen LogP contribution in [0.3, 0.4) is 0 Å². The molecule has 2 N–H and O–H groups in total. The van der Waals surface area contributed by atoms with E-state index < -0.39 is 0 Å². The van der Waals surface area contributed by atoms with Gasteiger partial charge in [0.15, 0.2) is 0 Å². The van der Waals surface area contributed by atoms with Gasteiger partial charge in [-0.25, -0.2) is 0 Å². The third-order valence-electron chi connectivity index (χ3n) is 2.84. The first-order valence-electron chi connectivity index (χ1n) is 5.89. The fourth-order valence-corrected chi connectivity index (χ4v) is 1.92. The number of nitrogens with two attached hydrogens (primary N) is 1. The van der Waals surface area contributed by atoms with Crippen LogP contribution in [0.1, 0.15) is 11.1 Å². The molecule has 0 bridgehead atoms. The molecule has 0 saturated carbocycles. The third kappa shape index (κ3) is 2.76. The zero-order valence-corrected chi connectivity index (χ0v) is 10.1. The number of carbonyl (C=O) groups is 1. The summed E-state index contributed by atoms with van der Waals surface area (Å²) in [5.74, 6) is 0. The van der Waals surface area contributed by atoms with Crippen molar-refractivity contribution in [3.8, 4) is 0 Å². The predicted octanol–water partition coefficient (Wildman–Crippen LogP) is 2.31. The molecule has 0 aliphatic carbocycles. The Morgan fingerprint density at radius 1 is 1.00 bits per heavy atom. The van der Waals surface area contributed by atoms with Crippen LogP contribution in [0.2, 0.25) is 0 Å². The molecular weight excluding hydrogens is 224 g/mol. The summed E-state index contributed by atoms with van der Waals surface area (Å²) < 4.78 is 0. The van der Waals surface area contributed by atoms with Gasteiger partial charge in [0.1, 0.15) is 0 Å². The van der Waals surface area contributed by atoms with Crippen molar-refractivity contribution in [1.82, 2.24) is 0 Å². The molecule has 0 heterocycles. The van der Waals surface area contributed by atoms with Crippen molar-refractivity contribution in [3.63, 3.8) is 0 Å². The van der Waals surface area contributed by atoms with E-state index >= 15 is 0 Å².